The molecule has 8 nitrogen and oxygen atoms in total. The first-order valence-corrected chi connectivity index (χ1v) is 8.30. The van der Waals surface area contributed by atoms with Gasteiger partial charge >= 0.3 is 5.97 Å². The maximum atomic E-state index is 11.9. The highest BCUT2D eigenvalue weighted by Crippen LogP contribution is 2.28. The Morgan fingerprint density at radius 2 is 2.00 bits per heavy atom. The van der Waals surface area contributed by atoms with Crippen LogP contribution in [0.1, 0.15) is 28.4 Å². The number of benzene rings is 1. The molecule has 0 radical (unpaired) electrons. The number of nitro benzene ring substituents is 1. The van der Waals surface area contributed by atoms with Crippen LogP contribution in [0.5, 0.6) is 0 Å². The molecule has 3 rings (SSSR count). The largest absolute Gasteiger partial charge is 0.462 e. The summed E-state index contributed by atoms with van der Waals surface area (Å²) >= 11 is 12.6. The second kappa shape index (κ2) is 7.27. The van der Waals surface area contributed by atoms with Crippen molar-refractivity contribution in [1.29, 1.82) is 0 Å². The van der Waals surface area contributed by atoms with Gasteiger partial charge in [-0.1, -0.05) is 35.3 Å². The Morgan fingerprint density at radius 1 is 1.31 bits per heavy atom. The third kappa shape index (κ3) is 3.33. The van der Waals surface area contributed by atoms with Gasteiger partial charge in [-0.15, -0.1) is 0 Å². The van der Waals surface area contributed by atoms with Gasteiger partial charge in [-0.2, -0.15) is 5.10 Å². The summed E-state index contributed by atoms with van der Waals surface area (Å²) < 4.78 is 6.26. The quantitative estimate of drug-likeness (QED) is 0.283. The topological polar surface area (TPSA) is 99.6 Å². The summed E-state index contributed by atoms with van der Waals surface area (Å²) in [5, 5.41) is 15.1. The van der Waals surface area contributed by atoms with Crippen LogP contribution in [0.25, 0.3) is 5.65 Å². The average molecular weight is 395 g/mol. The van der Waals surface area contributed by atoms with Crippen LogP contribution in [0.4, 0.5) is 5.69 Å². The van der Waals surface area contributed by atoms with E-state index in [0.29, 0.717) is 12.0 Å². The Labute approximate surface area is 157 Å². The van der Waals surface area contributed by atoms with E-state index in [2.05, 4.69) is 10.1 Å². The average Bonchev–Trinajstić information content (AvgIpc) is 3.03. The highest BCUT2D eigenvalue weighted by molar-refractivity contribution is 6.35. The van der Waals surface area contributed by atoms with Crippen LogP contribution in [0.3, 0.4) is 0 Å². The van der Waals surface area contributed by atoms with E-state index in [1.807, 2.05) is 0 Å². The molecule has 2 heterocycles. The maximum absolute atomic E-state index is 11.9. The van der Waals surface area contributed by atoms with Crippen molar-refractivity contribution in [3.8, 4) is 0 Å². The number of carbonyl (C=O) groups excluding carboxylic acids is 1. The molecule has 0 atom stereocenters. The van der Waals surface area contributed by atoms with Gasteiger partial charge in [-0.3, -0.25) is 10.1 Å². The number of esters is 1. The van der Waals surface area contributed by atoms with Gasteiger partial charge in [0.15, 0.2) is 5.65 Å². The Hall–Kier alpha value is -2.71. The van der Waals surface area contributed by atoms with Crippen molar-refractivity contribution in [2.45, 2.75) is 13.3 Å². The van der Waals surface area contributed by atoms with Crippen molar-refractivity contribution >= 4 is 40.5 Å². The molecule has 0 aliphatic heterocycles. The summed E-state index contributed by atoms with van der Waals surface area (Å²) in [5.74, 6) is -0.565. The minimum atomic E-state index is -0.565. The summed E-state index contributed by atoms with van der Waals surface area (Å²) in [7, 11) is 0. The molecule has 0 aliphatic carbocycles. The summed E-state index contributed by atoms with van der Waals surface area (Å²) in [5.41, 5.74) is 1.61. The van der Waals surface area contributed by atoms with Crippen LogP contribution in [0.2, 0.25) is 10.3 Å². The number of non-ortho nitro benzene ring substituents is 1. The maximum Gasteiger partial charge on any atom is 0.343 e. The fourth-order valence-corrected chi connectivity index (χ4v) is 2.97. The van der Waals surface area contributed by atoms with Crippen molar-refractivity contribution in [2.24, 2.45) is 0 Å². The number of rotatable bonds is 5. The summed E-state index contributed by atoms with van der Waals surface area (Å²) in [6, 6.07) is 6.02. The predicted molar refractivity (Wildman–Crippen MR) is 94.9 cm³/mol. The smallest absolute Gasteiger partial charge is 0.343 e. The number of nitrogens with zero attached hydrogens (tertiary/aromatic N) is 4. The Morgan fingerprint density at radius 3 is 2.62 bits per heavy atom. The third-order valence-electron chi connectivity index (χ3n) is 3.66. The number of nitro groups is 1. The second-order valence-electron chi connectivity index (χ2n) is 5.29. The van der Waals surface area contributed by atoms with Crippen molar-refractivity contribution in [1.82, 2.24) is 14.6 Å². The normalized spacial score (nSPS) is 10.9. The molecular weight excluding hydrogens is 383 g/mol. The van der Waals surface area contributed by atoms with Gasteiger partial charge in [-0.25, -0.2) is 14.3 Å². The predicted octanol–water partition coefficient (Wildman–Crippen LogP) is 3.71. The van der Waals surface area contributed by atoms with Gasteiger partial charge in [0.1, 0.15) is 15.9 Å². The highest BCUT2D eigenvalue weighted by atomic mass is 35.5. The van der Waals surface area contributed by atoms with Crippen molar-refractivity contribution < 1.29 is 14.5 Å². The number of hydrogen-bond acceptors (Lipinski definition) is 6. The Kier molecular flexibility index (Phi) is 5.06. The highest BCUT2D eigenvalue weighted by Gasteiger charge is 2.21. The number of carbonyl (C=O) groups is 1. The third-order valence-corrected chi connectivity index (χ3v) is 4.36. The fourth-order valence-electron chi connectivity index (χ4n) is 2.40. The molecule has 0 spiro atoms. The molecule has 0 saturated carbocycles. The van der Waals surface area contributed by atoms with Crippen LogP contribution in [0, 0.1) is 10.1 Å². The van der Waals surface area contributed by atoms with Gasteiger partial charge in [0.2, 0.25) is 0 Å². The van der Waals surface area contributed by atoms with Crippen LogP contribution in [-0.4, -0.2) is 32.1 Å². The van der Waals surface area contributed by atoms with Crippen molar-refractivity contribution in [3.63, 3.8) is 0 Å². The van der Waals surface area contributed by atoms with E-state index in [-0.39, 0.29) is 33.8 Å². The number of aromatic nitrogens is 3. The lowest BCUT2D eigenvalue weighted by atomic mass is 10.1. The van der Waals surface area contributed by atoms with Crippen LogP contribution >= 0.6 is 23.2 Å². The number of hydrogen-bond donors (Lipinski definition) is 0. The molecule has 0 bridgehead atoms. The summed E-state index contributed by atoms with van der Waals surface area (Å²) in [4.78, 5) is 26.4. The van der Waals surface area contributed by atoms with E-state index in [1.54, 1.807) is 19.1 Å². The fraction of sp³-hybridized carbons (Fsp3) is 0.188. The Bertz CT molecular complexity index is 1000. The lowest BCUT2D eigenvalue weighted by molar-refractivity contribution is -0.384. The zero-order valence-electron chi connectivity index (χ0n) is 13.5. The second-order valence-corrected chi connectivity index (χ2v) is 6.00. The van der Waals surface area contributed by atoms with E-state index in [4.69, 9.17) is 27.9 Å². The molecule has 0 N–H and O–H groups in total. The van der Waals surface area contributed by atoms with Gasteiger partial charge in [0, 0.05) is 24.1 Å². The minimum absolute atomic E-state index is 0.00863. The van der Waals surface area contributed by atoms with Gasteiger partial charge < -0.3 is 4.74 Å². The van der Waals surface area contributed by atoms with E-state index in [1.165, 1.54) is 22.8 Å². The van der Waals surface area contributed by atoms with Crippen LogP contribution in [-0.2, 0) is 11.2 Å². The lowest BCUT2D eigenvalue weighted by Gasteiger charge is -2.09. The number of fused-ring (bicyclic) bond motifs is 1. The monoisotopic (exact) mass is 394 g/mol. The molecule has 134 valence electrons. The van der Waals surface area contributed by atoms with Crippen LogP contribution < -0.4 is 0 Å². The molecule has 0 saturated heterocycles. The molecule has 0 aliphatic rings. The SMILES string of the molecule is CCOC(=O)c1cnn2c(Cl)c(Cc3ccc([N+](=O)[O-])cc3)c(Cl)nc12. The standard InChI is InChI=1S/C16H12Cl2N4O4/c1-2-26-16(23)12-8-19-21-14(18)11(13(17)20-15(12)21)7-9-3-5-10(6-4-9)22(24)25/h3-6,8H,2,7H2,1H3. The van der Waals surface area contributed by atoms with Gasteiger partial charge in [0.05, 0.1) is 17.7 Å². The molecule has 3 aromatic rings. The first kappa shape index (κ1) is 18.1. The van der Waals surface area contributed by atoms with Crippen molar-refractivity contribution in [3.05, 3.63) is 67.6 Å². The first-order valence-electron chi connectivity index (χ1n) is 7.54. The first-order chi connectivity index (χ1) is 12.4. The van der Waals surface area contributed by atoms with Crippen molar-refractivity contribution in [2.75, 3.05) is 6.61 Å². The molecular formula is C16H12Cl2N4O4. The Balaban J connectivity index is 1.99. The summed E-state index contributed by atoms with van der Waals surface area (Å²) in [6.07, 6.45) is 1.62. The molecule has 0 amide bonds. The van der Waals surface area contributed by atoms with E-state index >= 15 is 0 Å². The number of ether oxygens (including phenoxy) is 1. The minimum Gasteiger partial charge on any atom is -0.462 e. The van der Waals surface area contributed by atoms with Crippen LogP contribution in [0.15, 0.2) is 30.5 Å². The molecule has 10 heteroatoms. The molecule has 0 fully saturated rings. The lowest BCUT2D eigenvalue weighted by Crippen LogP contribution is -2.06. The van der Waals surface area contributed by atoms with Gasteiger partial charge in [0.25, 0.3) is 5.69 Å². The van der Waals surface area contributed by atoms with E-state index < -0.39 is 10.9 Å². The van der Waals surface area contributed by atoms with E-state index in [0.717, 1.165) is 5.56 Å². The van der Waals surface area contributed by atoms with Gasteiger partial charge in [-0.05, 0) is 12.5 Å². The van der Waals surface area contributed by atoms with E-state index in [9.17, 15) is 14.9 Å². The zero-order valence-corrected chi connectivity index (χ0v) is 15.0. The molecule has 26 heavy (non-hydrogen) atoms. The summed E-state index contributed by atoms with van der Waals surface area (Å²) in [6.45, 7) is 1.91. The molecule has 2 aromatic heterocycles. The zero-order chi connectivity index (χ0) is 18.8. The molecule has 0 unspecified atom stereocenters. The molecule has 1 aromatic carbocycles. The number of halogens is 2.